The second-order valence-electron chi connectivity index (χ2n) is 5.21. The van der Waals surface area contributed by atoms with Crippen LogP contribution in [0.2, 0.25) is 0 Å². The van der Waals surface area contributed by atoms with Crippen LogP contribution in [0, 0.1) is 0 Å². The maximum absolute atomic E-state index is 11.7. The molecule has 8 heteroatoms. The lowest BCUT2D eigenvalue weighted by atomic mass is 9.98. The molecule has 0 aliphatic carbocycles. The van der Waals surface area contributed by atoms with Crippen molar-refractivity contribution in [1.82, 2.24) is 19.3 Å². The van der Waals surface area contributed by atoms with Crippen LogP contribution in [0.4, 0.5) is 5.95 Å². The van der Waals surface area contributed by atoms with E-state index in [0.29, 0.717) is 32.0 Å². The summed E-state index contributed by atoms with van der Waals surface area (Å²) < 4.78 is 24.8. The third kappa shape index (κ3) is 3.23. The number of nitrogens with zero attached hydrogens (tertiary/aromatic N) is 4. The van der Waals surface area contributed by atoms with Gasteiger partial charge in [-0.2, -0.15) is 4.31 Å². The van der Waals surface area contributed by atoms with Gasteiger partial charge in [0.1, 0.15) is 0 Å². The SMILES string of the molecule is CS(=O)(=O)N1CCc2c(CNc3ncccn3)cncc2C1. The minimum absolute atomic E-state index is 0.386. The summed E-state index contributed by atoms with van der Waals surface area (Å²) in [5.74, 6) is 0.564. The predicted molar refractivity (Wildman–Crippen MR) is 82.6 cm³/mol. The molecule has 22 heavy (non-hydrogen) atoms. The van der Waals surface area contributed by atoms with Crippen molar-refractivity contribution in [2.75, 3.05) is 18.1 Å². The highest BCUT2D eigenvalue weighted by molar-refractivity contribution is 7.88. The number of hydrogen-bond donors (Lipinski definition) is 1. The monoisotopic (exact) mass is 319 g/mol. The number of pyridine rings is 1. The Hall–Kier alpha value is -2.06. The summed E-state index contributed by atoms with van der Waals surface area (Å²) in [4.78, 5) is 12.5. The van der Waals surface area contributed by atoms with Crippen LogP contribution >= 0.6 is 0 Å². The normalized spacial score (nSPS) is 15.3. The first kappa shape index (κ1) is 14.9. The van der Waals surface area contributed by atoms with Crippen molar-refractivity contribution in [2.45, 2.75) is 19.5 Å². The fourth-order valence-corrected chi connectivity index (χ4v) is 3.34. The summed E-state index contributed by atoms with van der Waals surface area (Å²) in [5, 5.41) is 3.16. The zero-order chi connectivity index (χ0) is 15.6. The summed E-state index contributed by atoms with van der Waals surface area (Å²) >= 11 is 0. The van der Waals surface area contributed by atoms with Gasteiger partial charge in [0, 0.05) is 44.4 Å². The van der Waals surface area contributed by atoms with Gasteiger partial charge in [-0.25, -0.2) is 18.4 Å². The lowest BCUT2D eigenvalue weighted by Crippen LogP contribution is -2.35. The van der Waals surface area contributed by atoms with Crippen LogP contribution < -0.4 is 5.32 Å². The highest BCUT2D eigenvalue weighted by atomic mass is 32.2. The highest BCUT2D eigenvalue weighted by Crippen LogP contribution is 2.23. The lowest BCUT2D eigenvalue weighted by Gasteiger charge is -2.27. The van der Waals surface area contributed by atoms with Crippen molar-refractivity contribution in [3.63, 3.8) is 0 Å². The Labute approximate surface area is 129 Å². The Morgan fingerprint density at radius 2 is 2.05 bits per heavy atom. The molecule has 7 nitrogen and oxygen atoms in total. The van der Waals surface area contributed by atoms with Gasteiger partial charge < -0.3 is 5.32 Å². The lowest BCUT2D eigenvalue weighted by molar-refractivity contribution is 0.393. The van der Waals surface area contributed by atoms with E-state index in [9.17, 15) is 8.42 Å². The molecular weight excluding hydrogens is 302 g/mol. The van der Waals surface area contributed by atoms with Gasteiger partial charge >= 0.3 is 0 Å². The van der Waals surface area contributed by atoms with Gasteiger partial charge in [-0.1, -0.05) is 0 Å². The minimum Gasteiger partial charge on any atom is -0.350 e. The third-order valence-corrected chi connectivity index (χ3v) is 4.92. The molecule has 1 aliphatic heterocycles. The first-order valence-electron chi connectivity index (χ1n) is 6.94. The molecule has 2 aromatic heterocycles. The average Bonchev–Trinajstić information content (AvgIpc) is 2.52. The first-order chi connectivity index (χ1) is 10.5. The van der Waals surface area contributed by atoms with Gasteiger partial charge in [-0.15, -0.1) is 0 Å². The molecule has 0 aromatic carbocycles. The molecule has 0 spiro atoms. The number of hydrogen-bond acceptors (Lipinski definition) is 6. The van der Waals surface area contributed by atoms with Crippen LogP contribution in [0.3, 0.4) is 0 Å². The Bertz CT molecular complexity index is 764. The predicted octanol–water partition coefficient (Wildman–Crippen LogP) is 0.801. The second kappa shape index (κ2) is 5.98. The summed E-state index contributed by atoms with van der Waals surface area (Å²) in [6.07, 6.45) is 8.84. The van der Waals surface area contributed by atoms with Crippen molar-refractivity contribution in [1.29, 1.82) is 0 Å². The molecular formula is C14H17N5O2S. The van der Waals surface area contributed by atoms with Crippen molar-refractivity contribution in [3.8, 4) is 0 Å². The van der Waals surface area contributed by atoms with E-state index < -0.39 is 10.0 Å². The fourth-order valence-electron chi connectivity index (χ4n) is 2.54. The summed E-state index contributed by atoms with van der Waals surface area (Å²) in [5.41, 5.74) is 3.18. The van der Waals surface area contributed by atoms with Crippen LogP contribution in [0.25, 0.3) is 0 Å². The van der Waals surface area contributed by atoms with Gasteiger partial charge in [-0.3, -0.25) is 4.98 Å². The first-order valence-corrected chi connectivity index (χ1v) is 8.79. The summed E-state index contributed by atoms with van der Waals surface area (Å²) in [6, 6.07) is 1.76. The molecule has 0 atom stereocenters. The van der Waals surface area contributed by atoms with Crippen LogP contribution in [0.15, 0.2) is 30.9 Å². The van der Waals surface area contributed by atoms with E-state index >= 15 is 0 Å². The topological polar surface area (TPSA) is 88.1 Å². The minimum atomic E-state index is -3.17. The molecule has 0 amide bonds. The van der Waals surface area contributed by atoms with Crippen molar-refractivity contribution in [2.24, 2.45) is 0 Å². The Balaban J connectivity index is 1.78. The molecule has 0 saturated carbocycles. The van der Waals surface area contributed by atoms with Gasteiger partial charge in [-0.05, 0) is 29.2 Å². The number of aromatic nitrogens is 3. The molecule has 0 saturated heterocycles. The van der Waals surface area contributed by atoms with E-state index in [1.54, 1.807) is 24.7 Å². The van der Waals surface area contributed by atoms with Gasteiger partial charge in [0.15, 0.2) is 0 Å². The number of nitrogens with one attached hydrogen (secondary N) is 1. The molecule has 116 valence electrons. The average molecular weight is 319 g/mol. The highest BCUT2D eigenvalue weighted by Gasteiger charge is 2.24. The fraction of sp³-hybridized carbons (Fsp3) is 0.357. The van der Waals surface area contributed by atoms with E-state index in [2.05, 4.69) is 20.3 Å². The molecule has 3 heterocycles. The standard InChI is InChI=1S/C14H17N5O2S/c1-22(20,21)19-6-3-13-11(7-15-8-12(13)10-19)9-18-14-16-4-2-5-17-14/h2,4-5,7-8H,3,6,9-10H2,1H3,(H,16,17,18). The number of rotatable bonds is 4. The van der Waals surface area contributed by atoms with Crippen LogP contribution in [0.1, 0.15) is 16.7 Å². The quantitative estimate of drug-likeness (QED) is 0.897. The summed E-state index contributed by atoms with van der Waals surface area (Å²) in [7, 11) is -3.17. The van der Waals surface area contributed by atoms with E-state index in [1.165, 1.54) is 16.1 Å². The number of fused-ring (bicyclic) bond motifs is 1. The summed E-state index contributed by atoms with van der Waals surface area (Å²) in [6.45, 7) is 1.46. The maximum Gasteiger partial charge on any atom is 0.222 e. The zero-order valence-corrected chi connectivity index (χ0v) is 13.0. The zero-order valence-electron chi connectivity index (χ0n) is 12.2. The molecule has 2 aromatic rings. The largest absolute Gasteiger partial charge is 0.350 e. The molecule has 1 N–H and O–H groups in total. The molecule has 0 unspecified atom stereocenters. The molecule has 0 radical (unpaired) electrons. The van der Waals surface area contributed by atoms with E-state index in [1.807, 2.05) is 6.20 Å². The second-order valence-corrected chi connectivity index (χ2v) is 7.19. The smallest absolute Gasteiger partial charge is 0.222 e. The molecule has 1 aliphatic rings. The Morgan fingerprint density at radius 3 is 2.77 bits per heavy atom. The molecule has 3 rings (SSSR count). The Kier molecular flexibility index (Phi) is 4.04. The number of anilines is 1. The third-order valence-electron chi connectivity index (χ3n) is 3.67. The van der Waals surface area contributed by atoms with Crippen molar-refractivity contribution >= 4 is 16.0 Å². The Morgan fingerprint density at radius 1 is 1.27 bits per heavy atom. The van der Waals surface area contributed by atoms with E-state index in [-0.39, 0.29) is 0 Å². The van der Waals surface area contributed by atoms with Crippen LogP contribution in [-0.2, 0) is 29.5 Å². The van der Waals surface area contributed by atoms with Crippen LogP contribution in [0.5, 0.6) is 0 Å². The maximum atomic E-state index is 11.7. The molecule has 0 bridgehead atoms. The van der Waals surface area contributed by atoms with Crippen LogP contribution in [-0.4, -0.2) is 40.5 Å². The van der Waals surface area contributed by atoms with E-state index in [4.69, 9.17) is 0 Å². The van der Waals surface area contributed by atoms with Crippen molar-refractivity contribution < 1.29 is 8.42 Å². The van der Waals surface area contributed by atoms with Gasteiger partial charge in [0.05, 0.1) is 6.26 Å². The number of sulfonamides is 1. The van der Waals surface area contributed by atoms with Gasteiger partial charge in [0.2, 0.25) is 16.0 Å². The van der Waals surface area contributed by atoms with E-state index in [0.717, 1.165) is 11.1 Å². The van der Waals surface area contributed by atoms with Gasteiger partial charge in [0.25, 0.3) is 0 Å². The van der Waals surface area contributed by atoms with Crippen molar-refractivity contribution in [3.05, 3.63) is 47.5 Å². The molecule has 0 fully saturated rings.